The normalized spacial score (nSPS) is 13.9. The fourth-order valence-electron chi connectivity index (χ4n) is 2.92. The predicted octanol–water partition coefficient (Wildman–Crippen LogP) is 4.02. The Kier molecular flexibility index (Phi) is 7.11. The van der Waals surface area contributed by atoms with Crippen LogP contribution in [0.5, 0.6) is 11.5 Å². The van der Waals surface area contributed by atoms with Crippen LogP contribution < -0.4 is 9.47 Å². The van der Waals surface area contributed by atoms with Gasteiger partial charge in [0.2, 0.25) is 0 Å². The molecule has 2 aromatic rings. The van der Waals surface area contributed by atoms with E-state index < -0.39 is 0 Å². The molecule has 154 valence electrons. The maximum Gasteiger partial charge on any atom is 0.260 e. The van der Waals surface area contributed by atoms with Crippen molar-refractivity contribution in [3.63, 3.8) is 0 Å². The molecule has 29 heavy (non-hydrogen) atoms. The van der Waals surface area contributed by atoms with Crippen molar-refractivity contribution in [1.29, 1.82) is 0 Å². The van der Waals surface area contributed by atoms with Crippen molar-refractivity contribution in [2.24, 2.45) is 0 Å². The smallest absolute Gasteiger partial charge is 0.260 e. The summed E-state index contributed by atoms with van der Waals surface area (Å²) >= 11 is 17.9. The second-order valence-corrected chi connectivity index (χ2v) is 7.61. The Morgan fingerprint density at radius 2 is 1.48 bits per heavy atom. The average Bonchev–Trinajstić information content (AvgIpc) is 2.74. The van der Waals surface area contributed by atoms with E-state index in [0.29, 0.717) is 53.3 Å². The topological polar surface area (TPSA) is 59.1 Å². The van der Waals surface area contributed by atoms with E-state index in [2.05, 4.69) is 0 Å². The first-order valence-corrected chi connectivity index (χ1v) is 10.0. The molecule has 0 bridgehead atoms. The number of carbonyl (C=O) groups is 2. The van der Waals surface area contributed by atoms with Gasteiger partial charge >= 0.3 is 0 Å². The number of rotatable bonds is 5. The number of ether oxygens (including phenoxy) is 2. The van der Waals surface area contributed by atoms with Gasteiger partial charge in [-0.05, 0) is 30.3 Å². The molecule has 2 aromatic carbocycles. The Labute approximate surface area is 183 Å². The zero-order chi connectivity index (χ0) is 21.0. The molecule has 0 N–H and O–H groups in total. The molecule has 0 radical (unpaired) electrons. The molecular weight excluding hydrogens is 439 g/mol. The van der Waals surface area contributed by atoms with Crippen LogP contribution in [0, 0.1) is 0 Å². The van der Waals surface area contributed by atoms with Crippen molar-refractivity contribution in [3.8, 4) is 11.5 Å². The van der Waals surface area contributed by atoms with Crippen LogP contribution >= 0.6 is 34.8 Å². The van der Waals surface area contributed by atoms with Gasteiger partial charge in [-0.15, -0.1) is 0 Å². The van der Waals surface area contributed by atoms with Gasteiger partial charge in [0.15, 0.2) is 6.61 Å². The Morgan fingerprint density at radius 3 is 2.10 bits per heavy atom. The minimum Gasteiger partial charge on any atom is -0.497 e. The quantitative estimate of drug-likeness (QED) is 0.636. The van der Waals surface area contributed by atoms with E-state index in [4.69, 9.17) is 44.3 Å². The summed E-state index contributed by atoms with van der Waals surface area (Å²) in [6.07, 6.45) is 0. The number of methoxy groups -OCH3 is 1. The van der Waals surface area contributed by atoms with Crippen molar-refractivity contribution >= 4 is 46.6 Å². The molecular formula is C20H19Cl3N2O4. The van der Waals surface area contributed by atoms with Gasteiger partial charge in [-0.2, -0.15) is 0 Å². The van der Waals surface area contributed by atoms with Crippen LogP contribution in [0.1, 0.15) is 10.4 Å². The van der Waals surface area contributed by atoms with Gasteiger partial charge in [0.1, 0.15) is 11.5 Å². The monoisotopic (exact) mass is 456 g/mol. The van der Waals surface area contributed by atoms with Crippen molar-refractivity contribution in [1.82, 2.24) is 9.80 Å². The molecule has 9 heteroatoms. The predicted molar refractivity (Wildman–Crippen MR) is 112 cm³/mol. The summed E-state index contributed by atoms with van der Waals surface area (Å²) in [5.41, 5.74) is 0.586. The Hall–Kier alpha value is -2.15. The van der Waals surface area contributed by atoms with Crippen LogP contribution in [0.3, 0.4) is 0 Å². The fourth-order valence-corrected chi connectivity index (χ4v) is 3.51. The average molecular weight is 458 g/mol. The SMILES string of the molecule is COc1ccc(C(=O)N2CCN(C(=O)COc3cc(Cl)c(Cl)cc3Cl)CC2)cc1. The summed E-state index contributed by atoms with van der Waals surface area (Å²) in [7, 11) is 1.58. The first kappa shape index (κ1) is 21.6. The van der Waals surface area contributed by atoms with Gasteiger partial charge < -0.3 is 19.3 Å². The number of piperazine rings is 1. The molecule has 6 nitrogen and oxygen atoms in total. The van der Waals surface area contributed by atoms with E-state index in [1.54, 1.807) is 41.2 Å². The van der Waals surface area contributed by atoms with Crippen LogP contribution in [0.4, 0.5) is 0 Å². The number of nitrogens with zero attached hydrogens (tertiary/aromatic N) is 2. The summed E-state index contributed by atoms with van der Waals surface area (Å²) in [5, 5.41) is 0.888. The van der Waals surface area contributed by atoms with Gasteiger partial charge in [-0.1, -0.05) is 34.8 Å². The molecule has 2 amide bonds. The highest BCUT2D eigenvalue weighted by molar-refractivity contribution is 6.43. The largest absolute Gasteiger partial charge is 0.497 e. The summed E-state index contributed by atoms with van der Waals surface area (Å²) in [5.74, 6) is 0.726. The zero-order valence-electron chi connectivity index (χ0n) is 15.7. The Bertz CT molecular complexity index is 897. The number of amides is 2. The van der Waals surface area contributed by atoms with E-state index in [1.165, 1.54) is 12.1 Å². The Balaban J connectivity index is 1.51. The third-order valence-corrected chi connectivity index (χ3v) is 5.60. The lowest BCUT2D eigenvalue weighted by Gasteiger charge is -2.34. The highest BCUT2D eigenvalue weighted by atomic mass is 35.5. The van der Waals surface area contributed by atoms with E-state index >= 15 is 0 Å². The number of hydrogen-bond donors (Lipinski definition) is 0. The second-order valence-electron chi connectivity index (χ2n) is 6.39. The van der Waals surface area contributed by atoms with Crippen molar-refractivity contribution < 1.29 is 19.1 Å². The lowest BCUT2D eigenvalue weighted by Crippen LogP contribution is -2.51. The van der Waals surface area contributed by atoms with Gasteiger partial charge in [0, 0.05) is 37.8 Å². The van der Waals surface area contributed by atoms with Gasteiger partial charge in [0.05, 0.1) is 22.2 Å². The molecule has 0 atom stereocenters. The van der Waals surface area contributed by atoms with Crippen LogP contribution in [-0.4, -0.2) is 61.5 Å². The first-order chi connectivity index (χ1) is 13.9. The van der Waals surface area contributed by atoms with Crippen LogP contribution in [0.15, 0.2) is 36.4 Å². The van der Waals surface area contributed by atoms with Crippen LogP contribution in [0.25, 0.3) is 0 Å². The molecule has 1 heterocycles. The molecule has 1 saturated heterocycles. The molecule has 1 fully saturated rings. The third-order valence-electron chi connectivity index (χ3n) is 4.58. The highest BCUT2D eigenvalue weighted by Crippen LogP contribution is 2.33. The summed E-state index contributed by atoms with van der Waals surface area (Å²) in [4.78, 5) is 28.4. The minimum absolute atomic E-state index is 0.0708. The lowest BCUT2D eigenvalue weighted by molar-refractivity contribution is -0.134. The minimum atomic E-state index is -0.191. The van der Waals surface area contributed by atoms with Gasteiger partial charge in [-0.3, -0.25) is 9.59 Å². The molecule has 0 aromatic heterocycles. The van der Waals surface area contributed by atoms with Crippen LogP contribution in [0.2, 0.25) is 15.1 Å². The van der Waals surface area contributed by atoms with Gasteiger partial charge in [-0.25, -0.2) is 0 Å². The number of halogens is 3. The lowest BCUT2D eigenvalue weighted by atomic mass is 10.1. The summed E-state index contributed by atoms with van der Waals surface area (Å²) in [6, 6.07) is 9.90. The third kappa shape index (κ3) is 5.26. The van der Waals surface area contributed by atoms with Gasteiger partial charge in [0.25, 0.3) is 11.8 Å². The zero-order valence-corrected chi connectivity index (χ0v) is 17.9. The number of carbonyl (C=O) groups excluding carboxylic acids is 2. The second kappa shape index (κ2) is 9.57. The first-order valence-electron chi connectivity index (χ1n) is 8.87. The summed E-state index contributed by atoms with van der Waals surface area (Å²) in [6.45, 7) is 1.58. The molecule has 1 aliphatic rings. The van der Waals surface area contributed by atoms with Crippen molar-refractivity contribution in [2.75, 3.05) is 39.9 Å². The Morgan fingerprint density at radius 1 is 0.897 bits per heavy atom. The van der Waals surface area contributed by atoms with E-state index in [9.17, 15) is 9.59 Å². The maximum atomic E-state index is 12.6. The molecule has 0 saturated carbocycles. The number of benzene rings is 2. The van der Waals surface area contributed by atoms with Crippen molar-refractivity contribution in [3.05, 3.63) is 57.0 Å². The fraction of sp³-hybridized carbons (Fsp3) is 0.300. The molecule has 0 unspecified atom stereocenters. The van der Waals surface area contributed by atoms with Crippen molar-refractivity contribution in [2.45, 2.75) is 0 Å². The van der Waals surface area contributed by atoms with E-state index in [-0.39, 0.29) is 23.4 Å². The standard InChI is InChI=1S/C20H19Cl3N2O4/c1-28-14-4-2-13(3-5-14)20(27)25-8-6-24(7-9-25)19(26)12-29-18-11-16(22)15(21)10-17(18)23/h2-5,10-11H,6-9,12H2,1H3. The number of hydrogen-bond acceptors (Lipinski definition) is 4. The van der Waals surface area contributed by atoms with E-state index in [0.717, 1.165) is 0 Å². The summed E-state index contributed by atoms with van der Waals surface area (Å²) < 4.78 is 10.6. The molecule has 1 aliphatic heterocycles. The van der Waals surface area contributed by atoms with E-state index in [1.807, 2.05) is 0 Å². The van der Waals surface area contributed by atoms with Crippen LogP contribution in [-0.2, 0) is 4.79 Å². The molecule has 0 aliphatic carbocycles. The maximum absolute atomic E-state index is 12.6. The highest BCUT2D eigenvalue weighted by Gasteiger charge is 2.25. The molecule has 3 rings (SSSR count). The molecule has 0 spiro atoms.